The number of aryl methyl sites for hydroxylation is 1. The van der Waals surface area contributed by atoms with E-state index < -0.39 is 0 Å². The number of ether oxygens (including phenoxy) is 1. The van der Waals surface area contributed by atoms with Crippen LogP contribution < -0.4 is 10.6 Å². The summed E-state index contributed by atoms with van der Waals surface area (Å²) in [5.74, 6) is -0.532. The van der Waals surface area contributed by atoms with E-state index in [4.69, 9.17) is 17.0 Å². The minimum atomic E-state index is -0.353. The Hall–Kier alpha value is -2.32. The van der Waals surface area contributed by atoms with Crippen molar-refractivity contribution >= 4 is 41.0 Å². The molecule has 1 amide bonds. The van der Waals surface area contributed by atoms with Crippen LogP contribution in [0.25, 0.3) is 5.57 Å². The molecule has 28 heavy (non-hydrogen) atoms. The number of unbranched alkanes of at least 4 members (excludes halogenated alkanes) is 2. The summed E-state index contributed by atoms with van der Waals surface area (Å²) in [5, 5.41) is 12.1. The summed E-state index contributed by atoms with van der Waals surface area (Å²) in [5.41, 5.74) is 1.43. The fourth-order valence-corrected chi connectivity index (χ4v) is 4.54. The lowest BCUT2D eigenvalue weighted by molar-refractivity contribution is -0.143. The largest absolute Gasteiger partial charge is 0.493 e. The van der Waals surface area contributed by atoms with Gasteiger partial charge in [0.25, 0.3) is 5.91 Å². The molecule has 0 saturated heterocycles. The van der Waals surface area contributed by atoms with Crippen molar-refractivity contribution in [3.63, 3.8) is 0 Å². The maximum atomic E-state index is 12.4. The molecule has 0 fully saturated rings. The highest BCUT2D eigenvalue weighted by atomic mass is 32.1. The van der Waals surface area contributed by atoms with Crippen molar-refractivity contribution < 1.29 is 19.4 Å². The molecule has 0 atom stereocenters. The standard InChI is InChI=1S/C20H22N2O4S2/c1-3-26-15(23)7-5-4-6-10-22-19(25)17(28-20(22)27)16-13-11-12(2)8-9-14(13)21-18(16)24/h8-9,11,25H,3-7,10H2,1-2H3. The second-order valence-corrected chi connectivity index (χ2v) is 8.24. The van der Waals surface area contributed by atoms with Gasteiger partial charge < -0.3 is 9.84 Å². The van der Waals surface area contributed by atoms with Gasteiger partial charge in [-0.05, 0) is 51.0 Å². The van der Waals surface area contributed by atoms with Crippen LogP contribution in [0.2, 0.25) is 0 Å². The average Bonchev–Trinajstić information content (AvgIpc) is 3.10. The van der Waals surface area contributed by atoms with Crippen LogP contribution in [-0.2, 0) is 20.9 Å². The number of aromatic hydroxyl groups is 1. The van der Waals surface area contributed by atoms with Gasteiger partial charge in [0, 0.05) is 18.2 Å². The zero-order chi connectivity index (χ0) is 20.3. The summed E-state index contributed by atoms with van der Waals surface area (Å²) >= 11 is 6.63. The Balaban J connectivity index is 1.77. The number of thiazole rings is 1. The van der Waals surface area contributed by atoms with E-state index in [1.54, 1.807) is 11.5 Å². The highest BCUT2D eigenvalue weighted by Gasteiger charge is 2.25. The lowest BCUT2D eigenvalue weighted by atomic mass is 10.1. The van der Waals surface area contributed by atoms with Crippen molar-refractivity contribution in [3.8, 4) is 5.88 Å². The molecule has 0 bridgehead atoms. The van der Waals surface area contributed by atoms with Gasteiger partial charge in [-0.2, -0.15) is 0 Å². The second kappa shape index (κ2) is 8.79. The highest BCUT2D eigenvalue weighted by Crippen LogP contribution is 2.32. The molecular weight excluding hydrogens is 396 g/mol. The summed E-state index contributed by atoms with van der Waals surface area (Å²) in [4.78, 5) is 28.3. The van der Waals surface area contributed by atoms with E-state index >= 15 is 0 Å². The van der Waals surface area contributed by atoms with Gasteiger partial charge >= 0.3 is 5.97 Å². The van der Waals surface area contributed by atoms with Gasteiger partial charge in [-0.1, -0.05) is 18.1 Å². The molecule has 0 aliphatic carbocycles. The molecule has 1 N–H and O–H groups in total. The number of aromatic nitrogens is 1. The summed E-state index contributed by atoms with van der Waals surface area (Å²) in [6, 6.07) is 5.62. The van der Waals surface area contributed by atoms with Gasteiger partial charge in [0.05, 0.1) is 17.5 Å². The molecule has 1 aliphatic rings. The lowest BCUT2D eigenvalue weighted by Crippen LogP contribution is -2.23. The molecule has 0 saturated carbocycles. The van der Waals surface area contributed by atoms with Crippen molar-refractivity contribution in [3.05, 3.63) is 43.2 Å². The van der Waals surface area contributed by atoms with Crippen molar-refractivity contribution in [1.82, 2.24) is 4.57 Å². The first-order chi connectivity index (χ1) is 13.4. The van der Waals surface area contributed by atoms with E-state index in [1.807, 2.05) is 25.1 Å². The fraction of sp³-hybridized carbons (Fsp3) is 0.400. The quantitative estimate of drug-likeness (QED) is 0.405. The molecule has 1 aliphatic heterocycles. The van der Waals surface area contributed by atoms with Crippen LogP contribution in [0.1, 0.15) is 43.0 Å². The van der Waals surface area contributed by atoms with E-state index in [0.717, 1.165) is 30.0 Å². The number of amides is 1. The van der Waals surface area contributed by atoms with Gasteiger partial charge in [0.2, 0.25) is 5.88 Å². The Bertz CT molecular complexity index is 1100. The van der Waals surface area contributed by atoms with Gasteiger partial charge in [-0.3, -0.25) is 14.2 Å². The molecule has 1 aromatic carbocycles. The van der Waals surface area contributed by atoms with Crippen molar-refractivity contribution in [2.75, 3.05) is 6.61 Å². The van der Waals surface area contributed by atoms with E-state index in [1.165, 1.54) is 11.3 Å². The van der Waals surface area contributed by atoms with Crippen LogP contribution in [-0.4, -0.2) is 28.2 Å². The maximum absolute atomic E-state index is 12.4. The maximum Gasteiger partial charge on any atom is 0.305 e. The van der Waals surface area contributed by atoms with Gasteiger partial charge in [0.15, 0.2) is 3.95 Å². The molecule has 2 aromatic rings. The molecule has 3 rings (SSSR count). The van der Waals surface area contributed by atoms with Crippen LogP contribution in [0.3, 0.4) is 0 Å². The monoisotopic (exact) mass is 418 g/mol. The Morgan fingerprint density at radius 1 is 1.32 bits per heavy atom. The van der Waals surface area contributed by atoms with Crippen LogP contribution in [0, 0.1) is 10.9 Å². The minimum Gasteiger partial charge on any atom is -0.493 e. The van der Waals surface area contributed by atoms with Crippen LogP contribution in [0.5, 0.6) is 5.88 Å². The lowest BCUT2D eigenvalue weighted by Gasteiger charge is -2.06. The molecular formula is C20H22N2O4S2. The van der Waals surface area contributed by atoms with E-state index in [-0.39, 0.29) is 17.8 Å². The number of carbonyl (C=O) groups is 2. The number of benzene rings is 1. The van der Waals surface area contributed by atoms with Crippen molar-refractivity contribution in [2.45, 2.75) is 46.1 Å². The minimum absolute atomic E-state index is 0.00768. The van der Waals surface area contributed by atoms with Crippen molar-refractivity contribution in [2.24, 2.45) is 4.99 Å². The van der Waals surface area contributed by atoms with E-state index in [0.29, 0.717) is 39.3 Å². The Morgan fingerprint density at radius 2 is 2.11 bits per heavy atom. The number of esters is 1. The first-order valence-corrected chi connectivity index (χ1v) is 10.5. The van der Waals surface area contributed by atoms with E-state index in [2.05, 4.69) is 4.99 Å². The Morgan fingerprint density at radius 3 is 2.86 bits per heavy atom. The highest BCUT2D eigenvalue weighted by molar-refractivity contribution is 7.73. The molecule has 0 unspecified atom stereocenters. The molecule has 8 heteroatoms. The number of hydrogen-bond acceptors (Lipinski definition) is 6. The van der Waals surface area contributed by atoms with Crippen LogP contribution >= 0.6 is 23.6 Å². The smallest absolute Gasteiger partial charge is 0.305 e. The zero-order valence-electron chi connectivity index (χ0n) is 15.9. The van der Waals surface area contributed by atoms with Gasteiger partial charge in [0.1, 0.15) is 4.88 Å². The first kappa shape index (κ1) is 20.4. The van der Waals surface area contributed by atoms with E-state index in [9.17, 15) is 14.7 Å². The van der Waals surface area contributed by atoms with Crippen LogP contribution in [0.15, 0.2) is 23.2 Å². The predicted molar refractivity (Wildman–Crippen MR) is 109 cm³/mol. The third kappa shape index (κ3) is 4.23. The number of fused-ring (bicyclic) bond motifs is 1. The van der Waals surface area contributed by atoms with Crippen molar-refractivity contribution in [1.29, 1.82) is 0 Å². The SMILES string of the molecule is CCOC(=O)CCCCCn1c(O)c(C2=c3cc(C)ccc3=NC2=O)sc1=S. The van der Waals surface area contributed by atoms with Gasteiger partial charge in [-0.15, -0.1) is 11.3 Å². The average molecular weight is 419 g/mol. The summed E-state index contributed by atoms with van der Waals surface area (Å²) in [6.45, 7) is 4.66. The Labute approximate surface area is 171 Å². The fourth-order valence-electron chi connectivity index (χ4n) is 3.15. The molecule has 1 aromatic heterocycles. The topological polar surface area (TPSA) is 80.9 Å². The summed E-state index contributed by atoms with van der Waals surface area (Å²) in [6.07, 6.45) is 2.70. The zero-order valence-corrected chi connectivity index (χ0v) is 17.5. The molecule has 2 heterocycles. The number of nitrogens with zero attached hydrogens (tertiary/aromatic N) is 2. The summed E-state index contributed by atoms with van der Waals surface area (Å²) < 4.78 is 7.07. The third-order valence-electron chi connectivity index (χ3n) is 4.52. The number of rotatable bonds is 8. The molecule has 6 nitrogen and oxygen atoms in total. The summed E-state index contributed by atoms with van der Waals surface area (Å²) in [7, 11) is 0. The third-order valence-corrected chi connectivity index (χ3v) is 5.98. The predicted octanol–water partition coefficient (Wildman–Crippen LogP) is 2.78. The van der Waals surface area contributed by atoms with Gasteiger partial charge in [-0.25, -0.2) is 4.99 Å². The first-order valence-electron chi connectivity index (χ1n) is 9.25. The molecule has 0 radical (unpaired) electrons. The second-order valence-electron chi connectivity index (χ2n) is 6.60. The molecule has 0 spiro atoms. The van der Waals surface area contributed by atoms with Crippen LogP contribution in [0.4, 0.5) is 0 Å². The number of carbonyl (C=O) groups excluding carboxylic acids is 2. The Kier molecular flexibility index (Phi) is 6.41. The molecule has 148 valence electrons. The normalized spacial score (nSPS) is 12.8. The number of hydrogen-bond donors (Lipinski definition) is 1.